The first kappa shape index (κ1) is 32.2. The minimum Gasteiger partial charge on any atom is -0.455 e. The average molecular weight is 734 g/mol. The lowest BCUT2D eigenvalue weighted by Crippen LogP contribution is -2.00. The molecule has 11 rings (SSSR count). The van der Waals surface area contributed by atoms with Crippen molar-refractivity contribution >= 4 is 53.4 Å². The number of benzene rings is 8. The summed E-state index contributed by atoms with van der Waals surface area (Å²) < 4.78 is 9.77. The Bertz CT molecular complexity index is 3170. The summed E-state index contributed by atoms with van der Waals surface area (Å²) in [4.78, 5) is 15.3. The molecule has 0 N–H and O–H groups in total. The Morgan fingerprint density at radius 1 is 0.321 bits per heavy atom. The normalized spacial score (nSPS) is 11.6. The quantitative estimate of drug-likeness (QED) is 0.171. The van der Waals surface area contributed by atoms with Crippen LogP contribution < -0.4 is 0 Å². The molecule has 0 aliphatic carbocycles. The van der Waals surface area contributed by atoms with Gasteiger partial charge in [0.1, 0.15) is 11.2 Å². The van der Waals surface area contributed by atoms with E-state index in [4.69, 9.17) is 19.4 Å². The topological polar surface area (TPSA) is 51.8 Å². The van der Waals surface area contributed by atoms with Crippen LogP contribution in [0, 0.1) is 0 Å². The molecule has 262 valence electrons. The van der Waals surface area contributed by atoms with Crippen molar-refractivity contribution in [3.8, 4) is 67.5 Å². The summed E-state index contributed by atoms with van der Waals surface area (Å²) >= 11 is 1.83. The number of thiophene rings is 1. The predicted octanol–water partition coefficient (Wildman–Crippen LogP) is 14.1. The number of fused-ring (bicyclic) bond motifs is 6. The minimum absolute atomic E-state index is 0.553. The molecule has 0 unspecified atom stereocenters. The molecule has 0 radical (unpaired) electrons. The molecule has 5 heteroatoms. The zero-order chi connectivity index (χ0) is 37.0. The standard InChI is InChI=1S/C51H31N3OS/c1-5-16-32(17-6-1)36-30-41(33-18-7-2-8-19-33)47-42(31-36)46-38(37-25-15-27-44-45(37)39-24-13-14-26-43(39)56-44)28-29-40(48(46)55-47)51-53-49(34-20-9-3-10-21-34)52-50(54-51)35-22-11-4-12-23-35/h1-31H. The van der Waals surface area contributed by atoms with E-state index in [0.717, 1.165) is 72.0 Å². The lowest BCUT2D eigenvalue weighted by atomic mass is 9.91. The fourth-order valence-corrected chi connectivity index (χ4v) is 9.07. The molecule has 0 bridgehead atoms. The van der Waals surface area contributed by atoms with E-state index in [-0.39, 0.29) is 0 Å². The van der Waals surface area contributed by atoms with Crippen LogP contribution in [-0.4, -0.2) is 15.0 Å². The predicted molar refractivity (Wildman–Crippen MR) is 233 cm³/mol. The molecule has 0 amide bonds. The second-order valence-corrected chi connectivity index (χ2v) is 15.0. The molecule has 0 aliphatic heterocycles. The van der Waals surface area contributed by atoms with Crippen LogP contribution in [0.4, 0.5) is 0 Å². The lowest BCUT2D eigenvalue weighted by Gasteiger charge is -2.12. The van der Waals surface area contributed by atoms with E-state index in [1.807, 2.05) is 72.0 Å². The van der Waals surface area contributed by atoms with Gasteiger partial charge in [-0.3, -0.25) is 0 Å². The minimum atomic E-state index is 0.553. The highest BCUT2D eigenvalue weighted by Crippen LogP contribution is 2.48. The van der Waals surface area contributed by atoms with Gasteiger partial charge in [0, 0.05) is 47.6 Å². The van der Waals surface area contributed by atoms with Crippen molar-refractivity contribution in [1.29, 1.82) is 0 Å². The van der Waals surface area contributed by atoms with E-state index < -0.39 is 0 Å². The van der Waals surface area contributed by atoms with Crippen molar-refractivity contribution in [3.05, 3.63) is 188 Å². The molecular formula is C51H31N3OS. The van der Waals surface area contributed by atoms with E-state index in [1.54, 1.807) is 0 Å². The SMILES string of the molecule is c1ccc(-c2cc(-c3ccccc3)c3oc4c(-c5nc(-c6ccccc6)nc(-c6ccccc6)n5)ccc(-c5cccc6sc7ccccc7c56)c4c3c2)cc1. The average Bonchev–Trinajstić information content (AvgIpc) is 3.86. The first-order valence-electron chi connectivity index (χ1n) is 18.7. The highest BCUT2D eigenvalue weighted by molar-refractivity contribution is 7.25. The summed E-state index contributed by atoms with van der Waals surface area (Å²) in [6.07, 6.45) is 0. The third kappa shape index (κ3) is 5.40. The molecule has 0 aliphatic rings. The van der Waals surface area contributed by atoms with Gasteiger partial charge in [-0.2, -0.15) is 0 Å². The number of rotatable bonds is 6. The van der Waals surface area contributed by atoms with Crippen LogP contribution in [0.15, 0.2) is 192 Å². The summed E-state index contributed by atoms with van der Waals surface area (Å²) in [5.41, 5.74) is 10.8. The molecular weight excluding hydrogens is 703 g/mol. The van der Waals surface area contributed by atoms with Crippen molar-refractivity contribution in [2.24, 2.45) is 0 Å². The fourth-order valence-electron chi connectivity index (χ4n) is 7.94. The van der Waals surface area contributed by atoms with Crippen LogP contribution in [0.2, 0.25) is 0 Å². The fraction of sp³-hybridized carbons (Fsp3) is 0. The Kier molecular flexibility index (Phi) is 7.64. The van der Waals surface area contributed by atoms with Gasteiger partial charge in [-0.1, -0.05) is 158 Å². The summed E-state index contributed by atoms with van der Waals surface area (Å²) in [6.45, 7) is 0. The Balaban J connectivity index is 1.28. The van der Waals surface area contributed by atoms with Gasteiger partial charge in [0.2, 0.25) is 0 Å². The third-order valence-electron chi connectivity index (χ3n) is 10.5. The van der Waals surface area contributed by atoms with Gasteiger partial charge in [-0.25, -0.2) is 15.0 Å². The molecule has 4 nitrogen and oxygen atoms in total. The third-order valence-corrected chi connectivity index (χ3v) is 11.7. The summed E-state index contributed by atoms with van der Waals surface area (Å²) in [7, 11) is 0. The number of hydrogen-bond donors (Lipinski definition) is 0. The van der Waals surface area contributed by atoms with Gasteiger partial charge in [0.15, 0.2) is 17.5 Å². The molecule has 3 heterocycles. The maximum absolute atomic E-state index is 7.25. The lowest BCUT2D eigenvalue weighted by molar-refractivity contribution is 0.670. The zero-order valence-electron chi connectivity index (χ0n) is 30.1. The van der Waals surface area contributed by atoms with E-state index in [0.29, 0.717) is 17.5 Å². The van der Waals surface area contributed by atoms with E-state index >= 15 is 0 Å². The maximum atomic E-state index is 7.25. The largest absolute Gasteiger partial charge is 0.455 e. The molecule has 8 aromatic carbocycles. The Morgan fingerprint density at radius 3 is 1.54 bits per heavy atom. The van der Waals surface area contributed by atoms with E-state index in [9.17, 15) is 0 Å². The first-order valence-corrected chi connectivity index (χ1v) is 19.5. The van der Waals surface area contributed by atoms with Crippen LogP contribution in [0.1, 0.15) is 0 Å². The monoisotopic (exact) mass is 733 g/mol. The van der Waals surface area contributed by atoms with Gasteiger partial charge >= 0.3 is 0 Å². The highest BCUT2D eigenvalue weighted by atomic mass is 32.1. The molecule has 56 heavy (non-hydrogen) atoms. The Labute approximate surface area is 327 Å². The maximum Gasteiger partial charge on any atom is 0.167 e. The second kappa shape index (κ2) is 13.3. The van der Waals surface area contributed by atoms with Gasteiger partial charge in [-0.15, -0.1) is 11.3 Å². The number of aromatic nitrogens is 3. The molecule has 0 saturated carbocycles. The van der Waals surface area contributed by atoms with Gasteiger partial charge in [0.05, 0.1) is 5.56 Å². The number of furan rings is 1. The van der Waals surface area contributed by atoms with Crippen molar-refractivity contribution in [3.63, 3.8) is 0 Å². The van der Waals surface area contributed by atoms with Crippen molar-refractivity contribution < 1.29 is 4.42 Å². The van der Waals surface area contributed by atoms with Crippen LogP contribution >= 0.6 is 11.3 Å². The van der Waals surface area contributed by atoms with Crippen LogP contribution in [0.3, 0.4) is 0 Å². The zero-order valence-corrected chi connectivity index (χ0v) is 30.9. The second-order valence-electron chi connectivity index (χ2n) is 13.9. The molecule has 3 aromatic heterocycles. The smallest absolute Gasteiger partial charge is 0.167 e. The van der Waals surface area contributed by atoms with Crippen LogP contribution in [0.5, 0.6) is 0 Å². The van der Waals surface area contributed by atoms with Crippen LogP contribution in [-0.2, 0) is 0 Å². The van der Waals surface area contributed by atoms with Crippen LogP contribution in [0.25, 0.3) is 110 Å². The molecule has 0 atom stereocenters. The number of nitrogens with zero attached hydrogens (tertiary/aromatic N) is 3. The van der Waals surface area contributed by atoms with Crippen molar-refractivity contribution in [2.75, 3.05) is 0 Å². The van der Waals surface area contributed by atoms with E-state index in [2.05, 4.69) is 127 Å². The molecule has 0 spiro atoms. The molecule has 0 saturated heterocycles. The molecule has 0 fully saturated rings. The van der Waals surface area contributed by atoms with Gasteiger partial charge in [-0.05, 0) is 58.1 Å². The highest BCUT2D eigenvalue weighted by Gasteiger charge is 2.24. The Hall–Kier alpha value is -7.21. The summed E-state index contributed by atoms with van der Waals surface area (Å²) in [5, 5.41) is 4.56. The molecule has 11 aromatic rings. The number of hydrogen-bond acceptors (Lipinski definition) is 5. The summed E-state index contributed by atoms with van der Waals surface area (Å²) in [5.74, 6) is 1.76. The summed E-state index contributed by atoms with van der Waals surface area (Å²) in [6, 6.07) is 65.6. The first-order chi connectivity index (χ1) is 27.8. The van der Waals surface area contributed by atoms with Gasteiger partial charge < -0.3 is 4.42 Å². The Morgan fingerprint density at radius 2 is 0.857 bits per heavy atom. The van der Waals surface area contributed by atoms with Crippen molar-refractivity contribution in [1.82, 2.24) is 15.0 Å². The van der Waals surface area contributed by atoms with Crippen molar-refractivity contribution in [2.45, 2.75) is 0 Å². The van der Waals surface area contributed by atoms with E-state index in [1.165, 1.54) is 20.2 Å². The van der Waals surface area contributed by atoms with Gasteiger partial charge in [0.25, 0.3) is 0 Å².